The lowest BCUT2D eigenvalue weighted by molar-refractivity contribution is 0.713. The van der Waals surface area contributed by atoms with Crippen LogP contribution in [0.15, 0.2) is 35.2 Å². The van der Waals surface area contributed by atoms with E-state index in [0.717, 1.165) is 17.6 Å². The Bertz CT molecular complexity index is 556. The summed E-state index contributed by atoms with van der Waals surface area (Å²) in [5, 5.41) is 3.41. The fourth-order valence-corrected chi connectivity index (χ4v) is 2.99. The average Bonchev–Trinajstić information content (AvgIpc) is 3.01. The molecule has 1 saturated heterocycles. The third kappa shape index (κ3) is 1.99. The SMILES string of the molecule is Cc1cccc(-n2cncc2C2CCNC2)c1Br. The van der Waals surface area contributed by atoms with Crippen molar-refractivity contribution in [2.45, 2.75) is 19.3 Å². The second-order valence-corrected chi connectivity index (χ2v) is 5.58. The van der Waals surface area contributed by atoms with Gasteiger partial charge in [0.1, 0.15) is 0 Å². The fraction of sp³-hybridized carbons (Fsp3) is 0.357. The van der Waals surface area contributed by atoms with Crippen molar-refractivity contribution in [2.75, 3.05) is 13.1 Å². The summed E-state index contributed by atoms with van der Waals surface area (Å²) in [4.78, 5) is 4.33. The summed E-state index contributed by atoms with van der Waals surface area (Å²) in [6.07, 6.45) is 5.09. The Balaban J connectivity index is 2.06. The number of aromatic nitrogens is 2. The summed E-state index contributed by atoms with van der Waals surface area (Å²) in [5.74, 6) is 0.569. The van der Waals surface area contributed by atoms with Gasteiger partial charge in [-0.05, 0) is 47.4 Å². The second-order valence-electron chi connectivity index (χ2n) is 4.79. The monoisotopic (exact) mass is 305 g/mol. The standard InChI is InChI=1S/C14H16BrN3/c1-10-3-2-4-12(14(10)15)18-9-17-8-13(18)11-5-6-16-7-11/h2-4,8-9,11,16H,5-7H2,1H3. The highest BCUT2D eigenvalue weighted by Gasteiger charge is 2.21. The number of halogens is 1. The number of nitrogens with one attached hydrogen (secondary N) is 1. The molecular weight excluding hydrogens is 290 g/mol. The summed E-state index contributed by atoms with van der Waals surface area (Å²) < 4.78 is 3.35. The predicted molar refractivity (Wildman–Crippen MR) is 76.2 cm³/mol. The van der Waals surface area contributed by atoms with Crippen LogP contribution in [0.25, 0.3) is 5.69 Å². The minimum atomic E-state index is 0.569. The molecule has 18 heavy (non-hydrogen) atoms. The zero-order valence-corrected chi connectivity index (χ0v) is 11.9. The molecule has 4 heteroatoms. The van der Waals surface area contributed by atoms with Crippen molar-refractivity contribution in [3.05, 3.63) is 46.5 Å². The minimum Gasteiger partial charge on any atom is -0.316 e. The molecule has 0 radical (unpaired) electrons. The number of rotatable bonds is 2. The van der Waals surface area contributed by atoms with Crippen LogP contribution in [0, 0.1) is 6.92 Å². The van der Waals surface area contributed by atoms with Crippen molar-refractivity contribution in [2.24, 2.45) is 0 Å². The highest BCUT2D eigenvalue weighted by molar-refractivity contribution is 9.10. The highest BCUT2D eigenvalue weighted by atomic mass is 79.9. The van der Waals surface area contributed by atoms with Gasteiger partial charge in [0.05, 0.1) is 12.0 Å². The molecule has 1 aliphatic heterocycles. The first-order valence-corrected chi connectivity index (χ1v) is 7.05. The summed E-state index contributed by atoms with van der Waals surface area (Å²) in [5.41, 5.74) is 3.72. The van der Waals surface area contributed by atoms with Crippen LogP contribution < -0.4 is 5.32 Å². The molecule has 1 aliphatic rings. The van der Waals surface area contributed by atoms with Gasteiger partial charge in [-0.1, -0.05) is 12.1 Å². The van der Waals surface area contributed by atoms with E-state index in [9.17, 15) is 0 Å². The minimum absolute atomic E-state index is 0.569. The summed E-state index contributed by atoms with van der Waals surface area (Å²) in [6.45, 7) is 4.27. The third-order valence-electron chi connectivity index (χ3n) is 3.58. The molecule has 2 heterocycles. The highest BCUT2D eigenvalue weighted by Crippen LogP contribution is 2.29. The van der Waals surface area contributed by atoms with Gasteiger partial charge >= 0.3 is 0 Å². The van der Waals surface area contributed by atoms with Crippen LogP contribution in [0.2, 0.25) is 0 Å². The number of benzene rings is 1. The first kappa shape index (κ1) is 11.9. The maximum absolute atomic E-state index is 4.33. The van der Waals surface area contributed by atoms with Gasteiger partial charge in [0, 0.05) is 28.8 Å². The summed E-state index contributed by atoms with van der Waals surface area (Å²) >= 11 is 3.68. The molecule has 1 atom stereocenters. The van der Waals surface area contributed by atoms with Gasteiger partial charge < -0.3 is 9.88 Å². The maximum atomic E-state index is 4.33. The smallest absolute Gasteiger partial charge is 0.0994 e. The van der Waals surface area contributed by atoms with E-state index in [1.807, 2.05) is 12.5 Å². The van der Waals surface area contributed by atoms with Gasteiger partial charge in [0.25, 0.3) is 0 Å². The zero-order valence-electron chi connectivity index (χ0n) is 10.4. The predicted octanol–water partition coefficient (Wildman–Crippen LogP) is 3.02. The van der Waals surface area contributed by atoms with Crippen LogP contribution in [0.1, 0.15) is 23.6 Å². The van der Waals surface area contributed by atoms with Crippen LogP contribution >= 0.6 is 15.9 Å². The van der Waals surface area contributed by atoms with Gasteiger partial charge in [0.15, 0.2) is 0 Å². The third-order valence-corrected chi connectivity index (χ3v) is 4.61. The molecule has 3 nitrogen and oxygen atoms in total. The molecule has 1 fully saturated rings. The second kappa shape index (κ2) is 4.86. The lowest BCUT2D eigenvalue weighted by Gasteiger charge is -2.15. The largest absolute Gasteiger partial charge is 0.316 e. The summed E-state index contributed by atoms with van der Waals surface area (Å²) in [7, 11) is 0. The molecule has 1 aromatic carbocycles. The van der Waals surface area contributed by atoms with Crippen LogP contribution in [-0.4, -0.2) is 22.6 Å². The lowest BCUT2D eigenvalue weighted by Crippen LogP contribution is -2.11. The van der Waals surface area contributed by atoms with Crippen LogP contribution in [0.5, 0.6) is 0 Å². The van der Waals surface area contributed by atoms with Crippen LogP contribution in [0.3, 0.4) is 0 Å². The van der Waals surface area contributed by atoms with E-state index in [0.29, 0.717) is 5.92 Å². The quantitative estimate of drug-likeness (QED) is 0.924. The normalized spacial score (nSPS) is 19.3. The molecular formula is C14H16BrN3. The molecule has 0 saturated carbocycles. The number of imidazole rings is 1. The topological polar surface area (TPSA) is 29.9 Å². The van der Waals surface area contributed by atoms with E-state index in [4.69, 9.17) is 0 Å². The van der Waals surface area contributed by atoms with Crippen molar-refractivity contribution < 1.29 is 0 Å². The molecule has 0 spiro atoms. The average molecular weight is 306 g/mol. The van der Waals surface area contributed by atoms with E-state index in [-0.39, 0.29) is 0 Å². The zero-order chi connectivity index (χ0) is 12.5. The van der Waals surface area contributed by atoms with Crippen molar-refractivity contribution in [1.29, 1.82) is 0 Å². The maximum Gasteiger partial charge on any atom is 0.0994 e. The Labute approximate surface area is 115 Å². The number of aryl methyl sites for hydroxylation is 1. The number of nitrogens with zero attached hydrogens (tertiary/aromatic N) is 2. The Hall–Kier alpha value is -1.13. The Morgan fingerprint density at radius 1 is 1.44 bits per heavy atom. The molecule has 0 bridgehead atoms. The van der Waals surface area contributed by atoms with Gasteiger partial charge in [0.2, 0.25) is 0 Å². The molecule has 1 N–H and O–H groups in total. The molecule has 0 amide bonds. The van der Waals surface area contributed by atoms with E-state index in [1.54, 1.807) is 0 Å². The first-order chi connectivity index (χ1) is 8.77. The van der Waals surface area contributed by atoms with E-state index in [2.05, 4.69) is 55.9 Å². The van der Waals surface area contributed by atoms with Gasteiger partial charge in [-0.2, -0.15) is 0 Å². The van der Waals surface area contributed by atoms with Crippen LogP contribution in [-0.2, 0) is 0 Å². The van der Waals surface area contributed by atoms with Crippen molar-refractivity contribution >= 4 is 15.9 Å². The Kier molecular flexibility index (Phi) is 3.22. The van der Waals surface area contributed by atoms with Crippen molar-refractivity contribution in [3.63, 3.8) is 0 Å². The molecule has 1 unspecified atom stereocenters. The Morgan fingerprint density at radius 2 is 2.33 bits per heavy atom. The van der Waals surface area contributed by atoms with Gasteiger partial charge in [-0.15, -0.1) is 0 Å². The lowest BCUT2D eigenvalue weighted by atomic mass is 10.1. The van der Waals surface area contributed by atoms with Crippen molar-refractivity contribution in [1.82, 2.24) is 14.9 Å². The molecule has 2 aromatic rings. The number of hydrogen-bond donors (Lipinski definition) is 1. The molecule has 94 valence electrons. The molecule has 1 aromatic heterocycles. The number of hydrogen-bond acceptors (Lipinski definition) is 2. The fourth-order valence-electron chi connectivity index (χ4n) is 2.53. The van der Waals surface area contributed by atoms with Gasteiger partial charge in [-0.3, -0.25) is 0 Å². The van der Waals surface area contributed by atoms with E-state index < -0.39 is 0 Å². The van der Waals surface area contributed by atoms with Gasteiger partial charge in [-0.25, -0.2) is 4.98 Å². The van der Waals surface area contributed by atoms with E-state index in [1.165, 1.54) is 23.4 Å². The van der Waals surface area contributed by atoms with Crippen molar-refractivity contribution in [3.8, 4) is 5.69 Å². The molecule has 3 rings (SSSR count). The summed E-state index contributed by atoms with van der Waals surface area (Å²) in [6, 6.07) is 6.33. The Morgan fingerprint density at radius 3 is 3.11 bits per heavy atom. The van der Waals surface area contributed by atoms with E-state index >= 15 is 0 Å². The van der Waals surface area contributed by atoms with Crippen LogP contribution in [0.4, 0.5) is 0 Å². The first-order valence-electron chi connectivity index (χ1n) is 6.26. The molecule has 0 aliphatic carbocycles.